The van der Waals surface area contributed by atoms with Crippen LogP contribution in [0.25, 0.3) is 0 Å². The molecule has 0 spiro atoms. The van der Waals surface area contributed by atoms with E-state index in [0.29, 0.717) is 6.54 Å². The monoisotopic (exact) mass is 273 g/mol. The Morgan fingerprint density at radius 3 is 2.72 bits per heavy atom. The highest BCUT2D eigenvalue weighted by molar-refractivity contribution is 8.00. The van der Waals surface area contributed by atoms with Crippen LogP contribution in [0.2, 0.25) is 0 Å². The fraction of sp³-hybridized carbons (Fsp3) is 0.833. The summed E-state index contributed by atoms with van der Waals surface area (Å²) in [5.41, 5.74) is 5.57. The Morgan fingerprint density at radius 2 is 2.28 bits per heavy atom. The molecule has 1 rings (SSSR count). The van der Waals surface area contributed by atoms with E-state index in [0.717, 1.165) is 12.2 Å². The molecule has 1 aliphatic rings. The van der Waals surface area contributed by atoms with E-state index in [2.05, 4.69) is 17.4 Å². The zero-order valence-electron chi connectivity index (χ0n) is 11.3. The van der Waals surface area contributed by atoms with Gasteiger partial charge in [-0.1, -0.05) is 19.0 Å². The number of hydrogen-bond acceptors (Lipinski definition) is 4. The van der Waals surface area contributed by atoms with Gasteiger partial charge in [0.05, 0.1) is 0 Å². The molecule has 1 fully saturated rings. The molecular weight excluding hydrogens is 250 g/mol. The molecule has 1 saturated heterocycles. The van der Waals surface area contributed by atoms with Crippen molar-refractivity contribution in [3.8, 4) is 0 Å². The molecule has 0 aromatic heterocycles. The second-order valence-corrected chi connectivity index (χ2v) is 7.05. The van der Waals surface area contributed by atoms with Gasteiger partial charge in [0.25, 0.3) is 0 Å². The normalized spacial score (nSPS) is 26.3. The fourth-order valence-electron chi connectivity index (χ4n) is 2.20. The first-order chi connectivity index (χ1) is 8.39. The van der Waals surface area contributed by atoms with E-state index in [4.69, 9.17) is 10.9 Å². The summed E-state index contributed by atoms with van der Waals surface area (Å²) in [6, 6.07) is 0. The SMILES string of the molecule is CC(C)C(C(=O)NCC1(C)CCCS1)C(N)=NO. The Hall–Kier alpha value is -0.910. The van der Waals surface area contributed by atoms with Gasteiger partial charge in [-0.25, -0.2) is 0 Å². The fourth-order valence-corrected chi connectivity index (χ4v) is 3.45. The van der Waals surface area contributed by atoms with Crippen LogP contribution in [0.4, 0.5) is 0 Å². The Labute approximate surface area is 113 Å². The van der Waals surface area contributed by atoms with Crippen molar-refractivity contribution < 1.29 is 10.0 Å². The topological polar surface area (TPSA) is 87.7 Å². The zero-order valence-corrected chi connectivity index (χ0v) is 12.1. The van der Waals surface area contributed by atoms with Crippen molar-refractivity contribution in [2.45, 2.75) is 38.4 Å². The van der Waals surface area contributed by atoms with Gasteiger partial charge in [-0.3, -0.25) is 4.79 Å². The number of amidine groups is 1. The Bertz CT molecular complexity index is 325. The Balaban J connectivity index is 2.57. The molecule has 2 unspecified atom stereocenters. The number of rotatable bonds is 5. The van der Waals surface area contributed by atoms with Crippen LogP contribution >= 0.6 is 11.8 Å². The van der Waals surface area contributed by atoms with Gasteiger partial charge in [0, 0.05) is 11.3 Å². The molecule has 0 aliphatic carbocycles. The highest BCUT2D eigenvalue weighted by Gasteiger charge is 2.32. The maximum Gasteiger partial charge on any atom is 0.231 e. The van der Waals surface area contributed by atoms with Crippen LogP contribution in [0.1, 0.15) is 33.6 Å². The maximum absolute atomic E-state index is 12.1. The second-order valence-electron chi connectivity index (χ2n) is 5.37. The number of oxime groups is 1. The zero-order chi connectivity index (χ0) is 13.8. The van der Waals surface area contributed by atoms with Crippen LogP contribution in [-0.2, 0) is 4.79 Å². The number of carbonyl (C=O) groups excluding carboxylic acids is 1. The number of nitrogens with two attached hydrogens (primary N) is 1. The minimum Gasteiger partial charge on any atom is -0.409 e. The molecule has 1 aliphatic heterocycles. The minimum atomic E-state index is -0.565. The molecule has 18 heavy (non-hydrogen) atoms. The standard InChI is InChI=1S/C12H23N3O2S/c1-8(2)9(10(13)15-17)11(16)14-7-12(3)5-4-6-18-12/h8-9,17H,4-7H2,1-3H3,(H2,13,15)(H,14,16). The van der Waals surface area contributed by atoms with Gasteiger partial charge in [-0.15, -0.1) is 0 Å². The third-order valence-electron chi connectivity index (χ3n) is 3.32. The van der Waals surface area contributed by atoms with Crippen molar-refractivity contribution in [3.63, 3.8) is 0 Å². The number of thioether (sulfide) groups is 1. The molecule has 4 N–H and O–H groups in total. The van der Waals surface area contributed by atoms with E-state index in [1.807, 2.05) is 25.6 Å². The van der Waals surface area contributed by atoms with Gasteiger partial charge in [-0.2, -0.15) is 11.8 Å². The smallest absolute Gasteiger partial charge is 0.231 e. The third-order valence-corrected chi connectivity index (χ3v) is 4.86. The second kappa shape index (κ2) is 6.31. The number of hydrogen-bond donors (Lipinski definition) is 3. The molecule has 0 aromatic rings. The van der Waals surface area contributed by atoms with Crippen molar-refractivity contribution in [1.29, 1.82) is 0 Å². The van der Waals surface area contributed by atoms with Gasteiger partial charge in [0.15, 0.2) is 5.84 Å². The Kier molecular flexibility index (Phi) is 5.31. The molecule has 104 valence electrons. The maximum atomic E-state index is 12.1. The van der Waals surface area contributed by atoms with Gasteiger partial charge in [0.2, 0.25) is 5.91 Å². The highest BCUT2D eigenvalue weighted by atomic mass is 32.2. The molecule has 1 amide bonds. The first-order valence-corrected chi connectivity index (χ1v) is 7.27. The summed E-state index contributed by atoms with van der Waals surface area (Å²) in [7, 11) is 0. The van der Waals surface area contributed by atoms with Crippen LogP contribution < -0.4 is 11.1 Å². The van der Waals surface area contributed by atoms with Gasteiger partial charge in [0.1, 0.15) is 5.92 Å². The summed E-state index contributed by atoms with van der Waals surface area (Å²) in [6.45, 7) is 6.57. The van der Waals surface area contributed by atoms with Crippen LogP contribution in [0.15, 0.2) is 5.16 Å². The average Bonchev–Trinajstić information content (AvgIpc) is 2.73. The molecule has 1 heterocycles. The first-order valence-electron chi connectivity index (χ1n) is 6.29. The molecule has 0 bridgehead atoms. The van der Waals surface area contributed by atoms with E-state index in [9.17, 15) is 4.79 Å². The highest BCUT2D eigenvalue weighted by Crippen LogP contribution is 2.37. The molecule has 0 aromatic carbocycles. The molecule has 6 heteroatoms. The lowest BCUT2D eigenvalue weighted by molar-refractivity contribution is -0.124. The summed E-state index contributed by atoms with van der Waals surface area (Å²) in [4.78, 5) is 12.1. The number of nitrogens with zero attached hydrogens (tertiary/aromatic N) is 1. The minimum absolute atomic E-state index is 0.00457. The third kappa shape index (κ3) is 3.80. The molecular formula is C12H23N3O2S. The van der Waals surface area contributed by atoms with Crippen LogP contribution in [0.3, 0.4) is 0 Å². The lowest BCUT2D eigenvalue weighted by atomic mass is 9.93. The Morgan fingerprint density at radius 1 is 1.61 bits per heavy atom. The van der Waals surface area contributed by atoms with Crippen molar-refractivity contribution >= 4 is 23.5 Å². The number of carbonyl (C=O) groups is 1. The molecule has 5 nitrogen and oxygen atoms in total. The summed E-state index contributed by atoms with van der Waals surface area (Å²) < 4.78 is 0.127. The van der Waals surface area contributed by atoms with Crippen LogP contribution in [-0.4, -0.2) is 34.0 Å². The largest absolute Gasteiger partial charge is 0.409 e. The lowest BCUT2D eigenvalue weighted by Gasteiger charge is -2.25. The van der Waals surface area contributed by atoms with E-state index in [-0.39, 0.29) is 22.4 Å². The van der Waals surface area contributed by atoms with Crippen molar-refractivity contribution in [2.75, 3.05) is 12.3 Å². The average molecular weight is 273 g/mol. The van der Waals surface area contributed by atoms with Gasteiger partial charge in [-0.05, 0) is 31.4 Å². The number of nitrogens with one attached hydrogen (secondary N) is 1. The predicted octanol–water partition coefficient (Wildman–Crippen LogP) is 1.41. The molecule has 0 saturated carbocycles. The van der Waals surface area contributed by atoms with Gasteiger partial charge < -0.3 is 16.3 Å². The van der Waals surface area contributed by atoms with Crippen LogP contribution in [0.5, 0.6) is 0 Å². The van der Waals surface area contributed by atoms with Crippen molar-refractivity contribution in [2.24, 2.45) is 22.7 Å². The van der Waals surface area contributed by atoms with E-state index < -0.39 is 5.92 Å². The van der Waals surface area contributed by atoms with Gasteiger partial charge >= 0.3 is 0 Å². The summed E-state index contributed by atoms with van der Waals surface area (Å²) in [5, 5.41) is 14.6. The quantitative estimate of drug-likeness (QED) is 0.306. The predicted molar refractivity (Wildman–Crippen MR) is 74.8 cm³/mol. The van der Waals surface area contributed by atoms with Crippen LogP contribution in [0, 0.1) is 11.8 Å². The van der Waals surface area contributed by atoms with Crippen molar-refractivity contribution in [3.05, 3.63) is 0 Å². The summed E-state index contributed by atoms with van der Waals surface area (Å²) in [6.07, 6.45) is 2.32. The first kappa shape index (κ1) is 15.1. The van der Waals surface area contributed by atoms with Crippen molar-refractivity contribution in [1.82, 2.24) is 5.32 Å². The summed E-state index contributed by atoms with van der Waals surface area (Å²) in [5.74, 6) is 0.413. The van der Waals surface area contributed by atoms with E-state index >= 15 is 0 Å². The molecule has 0 radical (unpaired) electrons. The van der Waals surface area contributed by atoms with E-state index in [1.165, 1.54) is 6.42 Å². The molecule has 2 atom stereocenters. The lowest BCUT2D eigenvalue weighted by Crippen LogP contribution is -2.45. The number of amides is 1. The summed E-state index contributed by atoms with van der Waals surface area (Å²) >= 11 is 1.90. The van der Waals surface area contributed by atoms with E-state index in [1.54, 1.807) is 0 Å².